The van der Waals surface area contributed by atoms with Crippen molar-refractivity contribution in [2.75, 3.05) is 7.05 Å². The molecule has 1 saturated carbocycles. The van der Waals surface area contributed by atoms with Crippen molar-refractivity contribution in [3.8, 4) is 0 Å². The third-order valence-electron chi connectivity index (χ3n) is 4.90. The zero-order chi connectivity index (χ0) is 16.3. The summed E-state index contributed by atoms with van der Waals surface area (Å²) in [5, 5.41) is 0.715. The lowest BCUT2D eigenvalue weighted by Crippen LogP contribution is -2.43. The van der Waals surface area contributed by atoms with E-state index >= 15 is 0 Å². The predicted molar refractivity (Wildman–Crippen MR) is 94.5 cm³/mol. The van der Waals surface area contributed by atoms with Crippen molar-refractivity contribution < 1.29 is 4.79 Å². The molecule has 3 heteroatoms. The van der Waals surface area contributed by atoms with E-state index in [9.17, 15) is 4.79 Å². The number of halogens is 1. The van der Waals surface area contributed by atoms with Gasteiger partial charge in [0.25, 0.3) is 0 Å². The molecule has 23 heavy (non-hydrogen) atoms. The van der Waals surface area contributed by atoms with Crippen molar-refractivity contribution in [3.05, 3.63) is 70.7 Å². The molecule has 3 rings (SSSR count). The second-order valence-corrected chi connectivity index (χ2v) is 6.82. The molecule has 1 fully saturated rings. The Morgan fingerprint density at radius 3 is 2.30 bits per heavy atom. The first-order chi connectivity index (χ1) is 11.1. The van der Waals surface area contributed by atoms with E-state index in [1.54, 1.807) is 0 Å². The van der Waals surface area contributed by atoms with Crippen LogP contribution in [0, 0.1) is 0 Å². The Bertz CT molecular complexity index is 677. The van der Waals surface area contributed by atoms with Gasteiger partial charge in [-0.3, -0.25) is 4.79 Å². The minimum absolute atomic E-state index is 0.209. The molecule has 0 spiro atoms. The summed E-state index contributed by atoms with van der Waals surface area (Å²) in [6.45, 7) is 0.549. The molecule has 0 bridgehead atoms. The van der Waals surface area contributed by atoms with Gasteiger partial charge in [-0.1, -0.05) is 73.0 Å². The fraction of sp³-hybridized carbons (Fsp3) is 0.350. The number of benzene rings is 2. The lowest BCUT2D eigenvalue weighted by atomic mass is 9.77. The van der Waals surface area contributed by atoms with Crippen molar-refractivity contribution in [1.82, 2.24) is 4.90 Å². The second kappa shape index (κ2) is 6.76. The van der Waals surface area contributed by atoms with Crippen LogP contribution < -0.4 is 0 Å². The molecule has 2 aromatic rings. The van der Waals surface area contributed by atoms with Crippen LogP contribution in [0.15, 0.2) is 54.6 Å². The molecule has 0 aromatic heterocycles. The summed E-state index contributed by atoms with van der Waals surface area (Å²) in [6.07, 6.45) is 4.09. The van der Waals surface area contributed by atoms with Gasteiger partial charge in [-0.25, -0.2) is 0 Å². The molecule has 2 aromatic carbocycles. The van der Waals surface area contributed by atoms with Gasteiger partial charge in [0.15, 0.2) is 0 Å². The van der Waals surface area contributed by atoms with E-state index in [0.717, 1.165) is 36.8 Å². The third kappa shape index (κ3) is 3.13. The maximum Gasteiger partial charge on any atom is 0.233 e. The zero-order valence-corrected chi connectivity index (χ0v) is 14.2. The number of hydrogen-bond donors (Lipinski definition) is 0. The summed E-state index contributed by atoms with van der Waals surface area (Å²) in [4.78, 5) is 15.1. The molecule has 2 nitrogen and oxygen atoms in total. The average Bonchev–Trinajstić information content (AvgIpc) is 3.08. The van der Waals surface area contributed by atoms with E-state index in [2.05, 4.69) is 12.1 Å². The van der Waals surface area contributed by atoms with Crippen LogP contribution in [0.1, 0.15) is 36.8 Å². The Hall–Kier alpha value is -1.80. The summed E-state index contributed by atoms with van der Waals surface area (Å²) in [5.74, 6) is 0.209. The minimum atomic E-state index is -0.364. The first kappa shape index (κ1) is 16.1. The normalized spacial score (nSPS) is 16.3. The first-order valence-corrected chi connectivity index (χ1v) is 8.56. The average molecular weight is 328 g/mol. The molecule has 0 aliphatic heterocycles. The molecule has 0 radical (unpaired) electrons. The van der Waals surface area contributed by atoms with E-state index in [1.807, 2.05) is 54.4 Å². The zero-order valence-electron chi connectivity index (χ0n) is 13.5. The number of likely N-dealkylation sites (N-methyl/N-ethyl adjacent to an activating group) is 1. The summed E-state index contributed by atoms with van der Waals surface area (Å²) < 4.78 is 0. The molecule has 0 N–H and O–H groups in total. The number of nitrogens with zero attached hydrogens (tertiary/aromatic N) is 1. The Morgan fingerprint density at radius 1 is 1.04 bits per heavy atom. The van der Waals surface area contributed by atoms with Crippen LogP contribution in [0.3, 0.4) is 0 Å². The Morgan fingerprint density at radius 2 is 1.65 bits per heavy atom. The topological polar surface area (TPSA) is 20.3 Å². The van der Waals surface area contributed by atoms with Gasteiger partial charge in [-0.05, 0) is 30.0 Å². The SMILES string of the molecule is CN(Cc1ccccc1Cl)C(=O)C1(c2ccccc2)CCCC1. The molecule has 1 aliphatic rings. The third-order valence-corrected chi connectivity index (χ3v) is 5.27. The van der Waals surface area contributed by atoms with Gasteiger partial charge in [0.05, 0.1) is 5.41 Å². The quantitative estimate of drug-likeness (QED) is 0.789. The minimum Gasteiger partial charge on any atom is -0.341 e. The summed E-state index contributed by atoms with van der Waals surface area (Å²) >= 11 is 6.25. The molecular weight excluding hydrogens is 306 g/mol. The number of amides is 1. The van der Waals surface area contributed by atoms with Gasteiger partial charge in [-0.15, -0.1) is 0 Å². The molecule has 1 aliphatic carbocycles. The maximum absolute atomic E-state index is 13.3. The van der Waals surface area contributed by atoms with Gasteiger partial charge < -0.3 is 4.90 Å². The van der Waals surface area contributed by atoms with Crippen molar-refractivity contribution in [3.63, 3.8) is 0 Å². The lowest BCUT2D eigenvalue weighted by Gasteiger charge is -2.33. The number of hydrogen-bond acceptors (Lipinski definition) is 1. The van der Waals surface area contributed by atoms with Crippen LogP contribution in [-0.2, 0) is 16.8 Å². The highest BCUT2D eigenvalue weighted by Crippen LogP contribution is 2.42. The van der Waals surface area contributed by atoms with Gasteiger partial charge in [0.2, 0.25) is 5.91 Å². The predicted octanol–water partition coefficient (Wildman–Crippen LogP) is 4.81. The maximum atomic E-state index is 13.3. The summed E-state index contributed by atoms with van der Waals surface area (Å²) in [7, 11) is 1.88. The van der Waals surface area contributed by atoms with Crippen molar-refractivity contribution >= 4 is 17.5 Å². The fourth-order valence-electron chi connectivity index (χ4n) is 3.68. The van der Waals surface area contributed by atoms with Crippen LogP contribution in [0.25, 0.3) is 0 Å². The lowest BCUT2D eigenvalue weighted by molar-refractivity contribution is -0.136. The van der Waals surface area contributed by atoms with E-state index < -0.39 is 0 Å². The molecule has 1 amide bonds. The van der Waals surface area contributed by atoms with Crippen LogP contribution in [0.4, 0.5) is 0 Å². The Kier molecular flexibility index (Phi) is 4.72. The Labute approximate surface area is 143 Å². The molecule has 0 unspecified atom stereocenters. The second-order valence-electron chi connectivity index (χ2n) is 6.41. The van der Waals surface area contributed by atoms with Crippen molar-refractivity contribution in [1.29, 1.82) is 0 Å². The van der Waals surface area contributed by atoms with E-state index in [0.29, 0.717) is 11.6 Å². The van der Waals surface area contributed by atoms with Crippen LogP contribution >= 0.6 is 11.6 Å². The van der Waals surface area contributed by atoms with Crippen LogP contribution in [-0.4, -0.2) is 17.9 Å². The van der Waals surface area contributed by atoms with Crippen LogP contribution in [0.5, 0.6) is 0 Å². The molecule has 0 heterocycles. The fourth-order valence-corrected chi connectivity index (χ4v) is 3.88. The largest absolute Gasteiger partial charge is 0.341 e. The van der Waals surface area contributed by atoms with Gasteiger partial charge in [0, 0.05) is 18.6 Å². The molecular formula is C20H22ClNO. The Balaban J connectivity index is 1.86. The van der Waals surface area contributed by atoms with Gasteiger partial charge in [-0.2, -0.15) is 0 Å². The smallest absolute Gasteiger partial charge is 0.233 e. The standard InChI is InChI=1S/C20H22ClNO/c1-22(15-16-9-5-6-12-18(16)21)19(23)20(13-7-8-14-20)17-10-3-2-4-11-17/h2-6,9-12H,7-8,13-15H2,1H3. The summed E-state index contributed by atoms with van der Waals surface area (Å²) in [5.41, 5.74) is 1.77. The molecule has 120 valence electrons. The van der Waals surface area contributed by atoms with Crippen molar-refractivity contribution in [2.45, 2.75) is 37.6 Å². The number of carbonyl (C=O) groups excluding carboxylic acids is 1. The highest BCUT2D eigenvalue weighted by atomic mass is 35.5. The number of carbonyl (C=O) groups is 1. The molecule has 0 saturated heterocycles. The first-order valence-electron chi connectivity index (χ1n) is 8.18. The molecule has 0 atom stereocenters. The van der Waals surface area contributed by atoms with E-state index in [4.69, 9.17) is 11.6 Å². The highest BCUT2D eigenvalue weighted by molar-refractivity contribution is 6.31. The number of rotatable bonds is 4. The van der Waals surface area contributed by atoms with Gasteiger partial charge >= 0.3 is 0 Å². The van der Waals surface area contributed by atoms with Gasteiger partial charge in [0.1, 0.15) is 0 Å². The van der Waals surface area contributed by atoms with Crippen molar-refractivity contribution in [2.24, 2.45) is 0 Å². The monoisotopic (exact) mass is 327 g/mol. The van der Waals surface area contributed by atoms with E-state index in [-0.39, 0.29) is 11.3 Å². The van der Waals surface area contributed by atoms with E-state index in [1.165, 1.54) is 0 Å². The van der Waals surface area contributed by atoms with Crippen LogP contribution in [0.2, 0.25) is 5.02 Å². The summed E-state index contributed by atoms with van der Waals surface area (Å²) in [6, 6.07) is 18.0. The highest BCUT2D eigenvalue weighted by Gasteiger charge is 2.44.